The van der Waals surface area contributed by atoms with Gasteiger partial charge in [-0.1, -0.05) is 12.8 Å². The number of ether oxygens (including phenoxy) is 1. The van der Waals surface area contributed by atoms with Crippen LogP contribution >= 0.6 is 0 Å². The number of nitrogens with zero attached hydrogens (tertiary/aromatic N) is 6. The van der Waals surface area contributed by atoms with Gasteiger partial charge in [0.15, 0.2) is 5.65 Å². The molecule has 0 amide bonds. The van der Waals surface area contributed by atoms with Crippen LogP contribution < -0.4 is 10.3 Å². The number of hydrogen-bond donors (Lipinski definition) is 1. The maximum Gasteiger partial charge on any atom is 0.316 e. The fourth-order valence-corrected chi connectivity index (χ4v) is 4.10. The number of nitrogens with one attached hydrogen (secondary N) is 1. The van der Waals surface area contributed by atoms with Gasteiger partial charge in [-0.2, -0.15) is 5.10 Å². The lowest BCUT2D eigenvalue weighted by atomic mass is 10.1. The first-order chi connectivity index (χ1) is 13.7. The Balaban J connectivity index is 1.33. The molecule has 1 N–H and O–H groups in total. The van der Waals surface area contributed by atoms with Crippen LogP contribution in [0.25, 0.3) is 11.0 Å². The number of fused-ring (bicyclic) bond motifs is 1. The van der Waals surface area contributed by atoms with Gasteiger partial charge in [0.1, 0.15) is 17.3 Å². The lowest BCUT2D eigenvalue weighted by molar-refractivity contribution is -0.0121. The van der Waals surface area contributed by atoms with Gasteiger partial charge in [0.05, 0.1) is 18.3 Å². The van der Waals surface area contributed by atoms with Crippen LogP contribution in [0.1, 0.15) is 50.5 Å². The molecule has 1 saturated carbocycles. The van der Waals surface area contributed by atoms with E-state index in [1.54, 1.807) is 24.7 Å². The van der Waals surface area contributed by atoms with E-state index in [0.29, 0.717) is 28.9 Å². The smallest absolute Gasteiger partial charge is 0.316 e. The first-order valence-electron chi connectivity index (χ1n) is 9.84. The third-order valence-corrected chi connectivity index (χ3v) is 5.79. The second kappa shape index (κ2) is 6.97. The molecule has 3 aromatic heterocycles. The Morgan fingerprint density at radius 3 is 2.71 bits per heavy atom. The molecule has 9 heteroatoms. The van der Waals surface area contributed by atoms with E-state index < -0.39 is 0 Å². The first kappa shape index (κ1) is 17.3. The van der Waals surface area contributed by atoms with Gasteiger partial charge in [-0.3, -0.25) is 9.69 Å². The Morgan fingerprint density at radius 1 is 1.21 bits per heavy atom. The van der Waals surface area contributed by atoms with Crippen molar-refractivity contribution in [2.45, 2.75) is 50.8 Å². The number of aromatic amines is 1. The molecule has 0 aromatic carbocycles. The topological polar surface area (TPSA) is 102 Å². The van der Waals surface area contributed by atoms with Crippen molar-refractivity contribution < 1.29 is 4.74 Å². The van der Waals surface area contributed by atoms with Gasteiger partial charge >= 0.3 is 6.01 Å². The second-order valence-electron chi connectivity index (χ2n) is 7.62. The third kappa shape index (κ3) is 3.05. The van der Waals surface area contributed by atoms with Crippen molar-refractivity contribution in [1.29, 1.82) is 0 Å². The van der Waals surface area contributed by atoms with E-state index in [-0.39, 0.29) is 17.7 Å². The fourth-order valence-electron chi connectivity index (χ4n) is 4.10. The summed E-state index contributed by atoms with van der Waals surface area (Å²) in [6.07, 6.45) is 9.63. The van der Waals surface area contributed by atoms with Crippen LogP contribution in [0.3, 0.4) is 0 Å². The summed E-state index contributed by atoms with van der Waals surface area (Å²) in [4.78, 5) is 30.7. The summed E-state index contributed by atoms with van der Waals surface area (Å²) in [6, 6.07) is 2.49. The van der Waals surface area contributed by atoms with Crippen molar-refractivity contribution >= 4 is 11.0 Å². The van der Waals surface area contributed by atoms with E-state index in [1.165, 1.54) is 12.8 Å². The van der Waals surface area contributed by atoms with Gasteiger partial charge in [0.2, 0.25) is 0 Å². The summed E-state index contributed by atoms with van der Waals surface area (Å²) >= 11 is 0. The summed E-state index contributed by atoms with van der Waals surface area (Å²) in [7, 11) is 0. The SMILES string of the molecule is C[C@H](c1nc2c(cnn2C2CCCC2)c(=O)[nH]1)N1CC(Oc2ncccn2)C1. The Kier molecular flexibility index (Phi) is 4.31. The number of H-pyrrole nitrogens is 1. The summed E-state index contributed by atoms with van der Waals surface area (Å²) in [6.45, 7) is 3.53. The first-order valence-corrected chi connectivity index (χ1v) is 9.84. The number of aromatic nitrogens is 6. The van der Waals surface area contributed by atoms with E-state index >= 15 is 0 Å². The molecule has 5 rings (SSSR count). The molecule has 0 unspecified atom stereocenters. The standard InChI is InChI=1S/C19H23N7O2/c1-12(25-10-14(11-25)28-19-20-7-4-8-21-19)16-23-17-15(18(27)24-16)9-22-26(17)13-5-2-3-6-13/h4,7-9,12-14H,2-3,5-6,10-11H2,1H3,(H,23,24,27)/t12-/m1/s1. The van der Waals surface area contributed by atoms with Crippen LogP contribution in [-0.4, -0.2) is 53.8 Å². The fraction of sp³-hybridized carbons (Fsp3) is 0.526. The summed E-state index contributed by atoms with van der Waals surface area (Å²) in [5, 5.41) is 5.03. The highest BCUT2D eigenvalue weighted by Gasteiger charge is 2.34. The highest BCUT2D eigenvalue weighted by atomic mass is 16.5. The Labute approximate surface area is 161 Å². The average Bonchev–Trinajstić information content (AvgIpc) is 3.34. The molecule has 0 radical (unpaired) electrons. The van der Waals surface area contributed by atoms with Crippen molar-refractivity contribution in [3.63, 3.8) is 0 Å². The summed E-state index contributed by atoms with van der Waals surface area (Å²) in [5.41, 5.74) is 0.575. The molecule has 1 atom stereocenters. The van der Waals surface area contributed by atoms with E-state index in [9.17, 15) is 4.79 Å². The maximum absolute atomic E-state index is 12.6. The van der Waals surface area contributed by atoms with Gasteiger partial charge in [-0.25, -0.2) is 19.6 Å². The molecule has 3 aromatic rings. The minimum absolute atomic E-state index is 0.0134. The average molecular weight is 381 g/mol. The van der Waals surface area contributed by atoms with Gasteiger partial charge in [-0.15, -0.1) is 0 Å². The minimum atomic E-state index is -0.123. The molecule has 146 valence electrons. The molecule has 2 fully saturated rings. The summed E-state index contributed by atoms with van der Waals surface area (Å²) in [5.74, 6) is 0.673. The zero-order valence-corrected chi connectivity index (χ0v) is 15.8. The van der Waals surface area contributed by atoms with Crippen molar-refractivity contribution in [3.8, 4) is 6.01 Å². The molecule has 28 heavy (non-hydrogen) atoms. The van der Waals surface area contributed by atoms with Gasteiger partial charge in [0.25, 0.3) is 5.56 Å². The lowest BCUT2D eigenvalue weighted by Gasteiger charge is -2.41. The van der Waals surface area contributed by atoms with Crippen LogP contribution in [0.2, 0.25) is 0 Å². The molecule has 1 aliphatic carbocycles. The molecule has 1 saturated heterocycles. The number of rotatable bonds is 5. The zero-order valence-electron chi connectivity index (χ0n) is 15.8. The maximum atomic E-state index is 12.6. The van der Waals surface area contributed by atoms with E-state index in [1.807, 2.05) is 4.68 Å². The highest BCUT2D eigenvalue weighted by molar-refractivity contribution is 5.73. The molecule has 0 bridgehead atoms. The van der Waals surface area contributed by atoms with Gasteiger partial charge < -0.3 is 9.72 Å². The monoisotopic (exact) mass is 381 g/mol. The van der Waals surface area contributed by atoms with E-state index in [4.69, 9.17) is 9.72 Å². The van der Waals surface area contributed by atoms with Crippen molar-refractivity contribution in [2.75, 3.05) is 13.1 Å². The van der Waals surface area contributed by atoms with Crippen LogP contribution in [-0.2, 0) is 0 Å². The van der Waals surface area contributed by atoms with Crippen molar-refractivity contribution in [2.24, 2.45) is 0 Å². The van der Waals surface area contributed by atoms with Gasteiger partial charge in [0, 0.05) is 25.5 Å². The predicted molar refractivity (Wildman–Crippen MR) is 102 cm³/mol. The van der Waals surface area contributed by atoms with Gasteiger partial charge in [-0.05, 0) is 25.8 Å². The quantitative estimate of drug-likeness (QED) is 0.719. The van der Waals surface area contributed by atoms with E-state index in [2.05, 4.69) is 31.9 Å². The number of likely N-dealkylation sites (tertiary alicyclic amines) is 1. The van der Waals surface area contributed by atoms with Crippen LogP contribution in [0.4, 0.5) is 0 Å². The van der Waals surface area contributed by atoms with Crippen LogP contribution in [0.5, 0.6) is 6.01 Å². The number of hydrogen-bond acceptors (Lipinski definition) is 7. The predicted octanol–water partition coefficient (Wildman–Crippen LogP) is 1.85. The lowest BCUT2D eigenvalue weighted by Crippen LogP contribution is -2.54. The van der Waals surface area contributed by atoms with Crippen molar-refractivity contribution in [1.82, 2.24) is 34.6 Å². The zero-order chi connectivity index (χ0) is 19.1. The largest absolute Gasteiger partial charge is 0.457 e. The third-order valence-electron chi connectivity index (χ3n) is 5.79. The molecule has 4 heterocycles. The normalized spacial score (nSPS) is 19.8. The minimum Gasteiger partial charge on any atom is -0.457 e. The molecule has 2 aliphatic rings. The Bertz CT molecular complexity index is 1020. The molecular weight excluding hydrogens is 358 g/mol. The highest BCUT2D eigenvalue weighted by Crippen LogP contribution is 2.31. The van der Waals surface area contributed by atoms with Crippen LogP contribution in [0, 0.1) is 0 Å². The molecule has 0 spiro atoms. The summed E-state index contributed by atoms with van der Waals surface area (Å²) < 4.78 is 7.71. The van der Waals surface area contributed by atoms with E-state index in [0.717, 1.165) is 25.9 Å². The molecular formula is C19H23N7O2. The van der Waals surface area contributed by atoms with Crippen molar-refractivity contribution in [3.05, 3.63) is 40.8 Å². The molecule has 1 aliphatic heterocycles. The van der Waals surface area contributed by atoms with Crippen LogP contribution in [0.15, 0.2) is 29.5 Å². The Hall–Kier alpha value is -2.81. The second-order valence-corrected chi connectivity index (χ2v) is 7.62. The Morgan fingerprint density at radius 2 is 1.96 bits per heavy atom. The molecule has 9 nitrogen and oxygen atoms in total.